The lowest BCUT2D eigenvalue weighted by atomic mass is 9.47. The predicted molar refractivity (Wildman–Crippen MR) is 184 cm³/mol. The van der Waals surface area contributed by atoms with Crippen LogP contribution in [0.15, 0.2) is 35.9 Å². The minimum Gasteiger partial charge on any atom is -0.497 e. The second-order valence-electron chi connectivity index (χ2n) is 17.8. The standard InChI is InChI=1S/C41H58O9/c1-22-12-17-41(46-20-22)23(2)33-31(50-41)19-30-28-11-8-25-18-27(13-15-39(25,3)29(28)14-16-40(30,33)4)47-38-35(43)34(42)36-32(48-38)21-45-37(49-36)24-6-9-26(44-5)10-7-24/h6-10,22-23,27-38,42-43H,11-21H2,1-5H3/t22-,23+,27+,28-,29+,30+,31?,32?,33?,34?,35?,36-,37?,38-,39+,40+,41-/m1/s1. The summed E-state index contributed by atoms with van der Waals surface area (Å²) in [4.78, 5) is 0. The van der Waals surface area contributed by atoms with Gasteiger partial charge in [-0.3, -0.25) is 0 Å². The van der Waals surface area contributed by atoms with Crippen molar-refractivity contribution >= 4 is 0 Å². The fourth-order valence-corrected chi connectivity index (χ4v) is 12.6. The van der Waals surface area contributed by atoms with E-state index < -0.39 is 37.0 Å². The molecule has 1 spiro atoms. The molecule has 4 heterocycles. The van der Waals surface area contributed by atoms with E-state index in [2.05, 4.69) is 33.8 Å². The molecule has 1 aromatic carbocycles. The maximum absolute atomic E-state index is 11.2. The summed E-state index contributed by atoms with van der Waals surface area (Å²) in [6.07, 6.45) is 7.50. The summed E-state index contributed by atoms with van der Waals surface area (Å²) in [5.41, 5.74) is 2.80. The fourth-order valence-electron chi connectivity index (χ4n) is 12.6. The van der Waals surface area contributed by atoms with Gasteiger partial charge in [0.2, 0.25) is 0 Å². The van der Waals surface area contributed by atoms with Crippen LogP contribution in [0.4, 0.5) is 0 Å². The second kappa shape index (κ2) is 12.5. The molecule has 0 bridgehead atoms. The lowest BCUT2D eigenvalue weighted by molar-refractivity contribution is -0.367. The molecule has 0 amide bonds. The maximum atomic E-state index is 11.2. The highest BCUT2D eigenvalue weighted by Gasteiger charge is 2.68. The van der Waals surface area contributed by atoms with Crippen molar-refractivity contribution in [1.82, 2.24) is 0 Å². The van der Waals surface area contributed by atoms with E-state index in [1.807, 2.05) is 24.3 Å². The van der Waals surface area contributed by atoms with Crippen LogP contribution in [0.5, 0.6) is 5.75 Å². The first kappa shape index (κ1) is 34.2. The highest BCUT2D eigenvalue weighted by Crippen LogP contribution is 2.70. The molecular weight excluding hydrogens is 636 g/mol. The van der Waals surface area contributed by atoms with Crippen molar-refractivity contribution in [2.45, 2.75) is 140 Å². The van der Waals surface area contributed by atoms with E-state index in [4.69, 9.17) is 33.2 Å². The Labute approximate surface area is 297 Å². The van der Waals surface area contributed by atoms with Crippen molar-refractivity contribution < 1.29 is 43.4 Å². The van der Waals surface area contributed by atoms with E-state index in [1.165, 1.54) is 31.3 Å². The molecule has 9 heteroatoms. The van der Waals surface area contributed by atoms with E-state index in [0.29, 0.717) is 47.0 Å². The molecule has 4 saturated heterocycles. The second-order valence-corrected chi connectivity index (χ2v) is 17.8. The molecule has 0 aromatic heterocycles. The largest absolute Gasteiger partial charge is 0.497 e. The molecule has 17 atom stereocenters. The maximum Gasteiger partial charge on any atom is 0.186 e. The van der Waals surface area contributed by atoms with Crippen molar-refractivity contribution in [2.24, 2.45) is 46.3 Å². The van der Waals surface area contributed by atoms with E-state index in [1.54, 1.807) is 7.11 Å². The van der Waals surface area contributed by atoms with Gasteiger partial charge < -0.3 is 43.4 Å². The summed E-state index contributed by atoms with van der Waals surface area (Å²) in [5, 5.41) is 22.4. The van der Waals surface area contributed by atoms with Gasteiger partial charge in [-0.05, 0) is 104 Å². The predicted octanol–water partition coefficient (Wildman–Crippen LogP) is 6.31. The van der Waals surface area contributed by atoms with Gasteiger partial charge in [0.1, 0.15) is 30.2 Å². The molecule has 0 radical (unpaired) electrons. The Balaban J connectivity index is 0.845. The first-order valence-electron chi connectivity index (χ1n) is 19.6. The van der Waals surface area contributed by atoms with Crippen LogP contribution in [-0.4, -0.2) is 79.2 Å². The Morgan fingerprint density at radius 1 is 0.880 bits per heavy atom. The van der Waals surface area contributed by atoms with E-state index in [-0.39, 0.29) is 23.9 Å². The Bertz CT molecular complexity index is 1440. The van der Waals surface area contributed by atoms with Gasteiger partial charge in [0.05, 0.1) is 32.5 Å². The highest BCUT2D eigenvalue weighted by atomic mass is 16.8. The van der Waals surface area contributed by atoms with Crippen LogP contribution >= 0.6 is 0 Å². The van der Waals surface area contributed by atoms with Crippen molar-refractivity contribution in [1.29, 1.82) is 0 Å². The summed E-state index contributed by atoms with van der Waals surface area (Å²) in [6.45, 7) is 10.9. The molecule has 8 aliphatic rings. The van der Waals surface area contributed by atoms with E-state index in [0.717, 1.165) is 50.0 Å². The minimum absolute atomic E-state index is 0.0740. The number of methoxy groups -OCH3 is 1. The van der Waals surface area contributed by atoms with E-state index in [9.17, 15) is 10.2 Å². The SMILES string of the molecule is COc1ccc(C2OCC3O[C@@H](O[C@H]4CC[C@@]5(C)C(=CC[C@@H]6[C@@H]5CC[C@]5(C)C7C(C[C@@H]65)O[C@]5(CC[C@@H](C)CO5)[C@H]7C)C4)C(O)C(O)[C@@H]3O2)cc1. The van der Waals surface area contributed by atoms with Crippen LogP contribution in [-0.2, 0) is 28.4 Å². The van der Waals surface area contributed by atoms with Crippen molar-refractivity contribution in [2.75, 3.05) is 20.3 Å². The molecule has 1 aromatic rings. The van der Waals surface area contributed by atoms with Gasteiger partial charge in [0.15, 0.2) is 18.4 Å². The Hall–Kier alpha value is -1.56. The van der Waals surface area contributed by atoms with Crippen LogP contribution in [0.2, 0.25) is 0 Å². The van der Waals surface area contributed by atoms with Crippen LogP contribution in [0, 0.1) is 46.3 Å². The molecular formula is C41H58O9. The Kier molecular flexibility index (Phi) is 8.56. The smallest absolute Gasteiger partial charge is 0.186 e. The van der Waals surface area contributed by atoms with Gasteiger partial charge in [-0.25, -0.2) is 0 Å². The summed E-state index contributed by atoms with van der Waals surface area (Å²) in [5.74, 6) is 4.07. The number of benzene rings is 1. The molecule has 9 rings (SSSR count). The van der Waals surface area contributed by atoms with Gasteiger partial charge >= 0.3 is 0 Å². The topological polar surface area (TPSA) is 105 Å². The summed E-state index contributed by atoms with van der Waals surface area (Å²) >= 11 is 0. The molecule has 4 aliphatic carbocycles. The molecule has 7 fully saturated rings. The highest BCUT2D eigenvalue weighted by molar-refractivity contribution is 5.29. The van der Waals surface area contributed by atoms with Crippen LogP contribution in [0.25, 0.3) is 0 Å². The molecule has 4 aliphatic heterocycles. The fraction of sp³-hybridized carbons (Fsp3) is 0.805. The first-order valence-corrected chi connectivity index (χ1v) is 19.6. The normalized spacial score (nSPS) is 52.7. The number of aliphatic hydroxyl groups is 2. The minimum atomic E-state index is -1.21. The zero-order chi connectivity index (χ0) is 34.6. The third-order valence-corrected chi connectivity index (χ3v) is 15.4. The number of ether oxygens (including phenoxy) is 7. The zero-order valence-electron chi connectivity index (χ0n) is 30.5. The molecule has 3 saturated carbocycles. The lowest BCUT2D eigenvalue weighted by Gasteiger charge is -2.58. The van der Waals surface area contributed by atoms with Gasteiger partial charge in [0.25, 0.3) is 0 Å². The first-order chi connectivity index (χ1) is 24.0. The zero-order valence-corrected chi connectivity index (χ0v) is 30.5. The third kappa shape index (κ3) is 5.23. The lowest BCUT2D eigenvalue weighted by Crippen LogP contribution is -2.62. The molecule has 6 unspecified atom stereocenters. The average Bonchev–Trinajstić information content (AvgIpc) is 3.57. The van der Waals surface area contributed by atoms with Gasteiger partial charge in [-0.1, -0.05) is 51.5 Å². The van der Waals surface area contributed by atoms with Crippen LogP contribution in [0.3, 0.4) is 0 Å². The monoisotopic (exact) mass is 694 g/mol. The van der Waals surface area contributed by atoms with Gasteiger partial charge in [0, 0.05) is 17.9 Å². The Morgan fingerprint density at radius 2 is 1.70 bits per heavy atom. The molecule has 50 heavy (non-hydrogen) atoms. The van der Waals surface area contributed by atoms with Crippen molar-refractivity contribution in [3.05, 3.63) is 41.5 Å². The van der Waals surface area contributed by atoms with E-state index >= 15 is 0 Å². The van der Waals surface area contributed by atoms with Crippen molar-refractivity contribution in [3.8, 4) is 5.75 Å². The quantitative estimate of drug-likeness (QED) is 0.351. The number of fused-ring (bicyclic) bond motifs is 8. The Morgan fingerprint density at radius 3 is 2.46 bits per heavy atom. The van der Waals surface area contributed by atoms with Crippen molar-refractivity contribution in [3.63, 3.8) is 0 Å². The average molecular weight is 695 g/mol. The number of rotatable bonds is 4. The molecule has 9 nitrogen and oxygen atoms in total. The summed E-state index contributed by atoms with van der Waals surface area (Å²) < 4.78 is 43.7. The summed E-state index contributed by atoms with van der Waals surface area (Å²) in [7, 11) is 1.62. The number of hydrogen-bond donors (Lipinski definition) is 2. The number of allylic oxidation sites excluding steroid dienone is 1. The summed E-state index contributed by atoms with van der Waals surface area (Å²) in [6, 6.07) is 7.45. The van der Waals surface area contributed by atoms with Crippen LogP contribution < -0.4 is 4.74 Å². The third-order valence-electron chi connectivity index (χ3n) is 15.4. The van der Waals surface area contributed by atoms with Gasteiger partial charge in [-0.15, -0.1) is 0 Å². The van der Waals surface area contributed by atoms with Gasteiger partial charge in [-0.2, -0.15) is 0 Å². The van der Waals surface area contributed by atoms with Crippen LogP contribution in [0.1, 0.15) is 97.3 Å². The number of hydrogen-bond acceptors (Lipinski definition) is 9. The number of aliphatic hydroxyl groups excluding tert-OH is 2. The molecule has 2 N–H and O–H groups in total. The molecule has 276 valence electrons.